The maximum atomic E-state index is 13.7. The van der Waals surface area contributed by atoms with Crippen LogP contribution in [0.25, 0.3) is 16.9 Å². The Labute approximate surface area is 213 Å². The van der Waals surface area contributed by atoms with Crippen molar-refractivity contribution >= 4 is 5.91 Å². The molecule has 0 aliphatic carbocycles. The van der Waals surface area contributed by atoms with E-state index < -0.39 is 0 Å². The molecule has 0 spiro atoms. The number of nitrogens with zero attached hydrogens (tertiary/aromatic N) is 3. The van der Waals surface area contributed by atoms with Crippen LogP contribution < -0.4 is 4.74 Å². The van der Waals surface area contributed by atoms with E-state index in [1.165, 1.54) is 11.1 Å². The predicted octanol–water partition coefficient (Wildman–Crippen LogP) is 5.73. The third-order valence-electron chi connectivity index (χ3n) is 7.06. The molecule has 0 unspecified atom stereocenters. The number of methoxy groups -OCH3 is 1. The van der Waals surface area contributed by atoms with Gasteiger partial charge in [0.05, 0.1) is 18.4 Å². The summed E-state index contributed by atoms with van der Waals surface area (Å²) in [6, 6.07) is 29.1. The maximum Gasteiger partial charge on any atom is 0.255 e. The number of ether oxygens (including phenoxy) is 1. The highest BCUT2D eigenvalue weighted by Gasteiger charge is 2.26. The molecule has 5 heteroatoms. The summed E-state index contributed by atoms with van der Waals surface area (Å²) >= 11 is 0. The molecule has 36 heavy (non-hydrogen) atoms. The van der Waals surface area contributed by atoms with Crippen LogP contribution in [-0.4, -0.2) is 53.6 Å². The van der Waals surface area contributed by atoms with Crippen LogP contribution in [0.3, 0.4) is 0 Å². The molecule has 1 aliphatic heterocycles. The number of carbonyl (C=O) groups is 1. The topological polar surface area (TPSA) is 37.7 Å². The largest absolute Gasteiger partial charge is 0.497 e. The van der Waals surface area contributed by atoms with Crippen LogP contribution in [-0.2, 0) is 6.54 Å². The first-order valence-electron chi connectivity index (χ1n) is 12.5. The summed E-state index contributed by atoms with van der Waals surface area (Å²) in [7, 11) is 1.67. The number of amides is 1. The SMILES string of the molecule is COc1ccc(-c2cc(C(=O)N3CCN(Cc4ccccc4)CC3)c(C)n2-c2ccc(C)cc2)cc1. The Morgan fingerprint density at radius 2 is 1.50 bits per heavy atom. The summed E-state index contributed by atoms with van der Waals surface area (Å²) in [5.41, 5.74) is 7.35. The molecule has 1 amide bonds. The molecule has 2 heterocycles. The van der Waals surface area contributed by atoms with Crippen LogP contribution in [0.5, 0.6) is 5.75 Å². The smallest absolute Gasteiger partial charge is 0.255 e. The molecule has 3 aromatic carbocycles. The average molecular weight is 480 g/mol. The Bertz CT molecular complexity index is 1320. The number of hydrogen-bond acceptors (Lipinski definition) is 3. The van der Waals surface area contributed by atoms with Crippen molar-refractivity contribution in [2.75, 3.05) is 33.3 Å². The molecule has 4 aromatic rings. The zero-order valence-corrected chi connectivity index (χ0v) is 21.3. The fraction of sp³-hybridized carbons (Fsp3) is 0.258. The first kappa shape index (κ1) is 23.9. The second-order valence-electron chi connectivity index (χ2n) is 9.48. The number of hydrogen-bond donors (Lipinski definition) is 0. The van der Waals surface area contributed by atoms with Crippen LogP contribution in [0.1, 0.15) is 27.2 Å². The van der Waals surface area contributed by atoms with E-state index in [1.54, 1.807) is 7.11 Å². The van der Waals surface area contributed by atoms with Gasteiger partial charge in [0.15, 0.2) is 0 Å². The molecule has 1 fully saturated rings. The third-order valence-corrected chi connectivity index (χ3v) is 7.06. The maximum absolute atomic E-state index is 13.7. The van der Waals surface area contributed by atoms with Crippen molar-refractivity contribution in [1.82, 2.24) is 14.4 Å². The van der Waals surface area contributed by atoms with Crippen molar-refractivity contribution in [2.24, 2.45) is 0 Å². The Morgan fingerprint density at radius 1 is 0.833 bits per heavy atom. The van der Waals surface area contributed by atoms with Gasteiger partial charge in [-0.15, -0.1) is 0 Å². The summed E-state index contributed by atoms with van der Waals surface area (Å²) in [5, 5.41) is 0. The van der Waals surface area contributed by atoms with Crippen LogP contribution in [0, 0.1) is 13.8 Å². The Hall–Kier alpha value is -3.83. The molecule has 0 atom stereocenters. The van der Waals surface area contributed by atoms with Gasteiger partial charge in [0.25, 0.3) is 5.91 Å². The quantitative estimate of drug-likeness (QED) is 0.355. The lowest BCUT2D eigenvalue weighted by Crippen LogP contribution is -2.48. The van der Waals surface area contributed by atoms with Crippen molar-refractivity contribution in [1.29, 1.82) is 0 Å². The molecule has 5 nitrogen and oxygen atoms in total. The van der Waals surface area contributed by atoms with E-state index in [0.717, 1.165) is 66.7 Å². The molecule has 0 radical (unpaired) electrons. The number of aryl methyl sites for hydroxylation is 1. The molecular formula is C31H33N3O2. The third kappa shape index (κ3) is 4.93. The van der Waals surface area contributed by atoms with E-state index >= 15 is 0 Å². The second-order valence-corrected chi connectivity index (χ2v) is 9.48. The van der Waals surface area contributed by atoms with Crippen molar-refractivity contribution in [2.45, 2.75) is 20.4 Å². The second kappa shape index (κ2) is 10.4. The minimum atomic E-state index is 0.104. The van der Waals surface area contributed by atoms with E-state index in [-0.39, 0.29) is 5.91 Å². The first-order valence-corrected chi connectivity index (χ1v) is 12.5. The monoisotopic (exact) mass is 479 g/mol. The molecular weight excluding hydrogens is 446 g/mol. The minimum absolute atomic E-state index is 0.104. The van der Waals surface area contributed by atoms with E-state index in [0.29, 0.717) is 0 Å². The Kier molecular flexibility index (Phi) is 6.92. The number of benzene rings is 3. The van der Waals surface area contributed by atoms with Gasteiger partial charge in [-0.3, -0.25) is 9.69 Å². The van der Waals surface area contributed by atoms with Crippen molar-refractivity contribution in [3.63, 3.8) is 0 Å². The number of carbonyl (C=O) groups excluding carboxylic acids is 1. The number of rotatable bonds is 6. The zero-order chi connectivity index (χ0) is 25.1. The van der Waals surface area contributed by atoms with E-state index in [2.05, 4.69) is 83.1 Å². The van der Waals surface area contributed by atoms with Gasteiger partial charge >= 0.3 is 0 Å². The van der Waals surface area contributed by atoms with Gasteiger partial charge in [0, 0.05) is 44.1 Å². The van der Waals surface area contributed by atoms with Crippen molar-refractivity contribution in [3.05, 3.63) is 107 Å². The van der Waals surface area contributed by atoms with Gasteiger partial charge in [-0.2, -0.15) is 0 Å². The minimum Gasteiger partial charge on any atom is -0.497 e. The van der Waals surface area contributed by atoms with Crippen molar-refractivity contribution in [3.8, 4) is 22.7 Å². The van der Waals surface area contributed by atoms with Gasteiger partial charge in [0.2, 0.25) is 0 Å². The summed E-state index contributed by atoms with van der Waals surface area (Å²) < 4.78 is 7.55. The zero-order valence-electron chi connectivity index (χ0n) is 21.3. The molecule has 0 saturated carbocycles. The molecule has 5 rings (SSSR count). The first-order chi connectivity index (χ1) is 17.5. The highest BCUT2D eigenvalue weighted by molar-refractivity contribution is 5.97. The van der Waals surface area contributed by atoms with Crippen LogP contribution in [0.2, 0.25) is 0 Å². The standard InChI is InChI=1S/C31H33N3O2/c1-23-9-13-27(14-10-23)34-24(2)29(21-30(34)26-11-15-28(36-3)16-12-26)31(35)33-19-17-32(18-20-33)22-25-7-5-4-6-8-25/h4-16,21H,17-20,22H2,1-3H3. The van der Waals surface area contributed by atoms with E-state index in [1.807, 2.05) is 30.0 Å². The normalized spacial score (nSPS) is 14.1. The van der Waals surface area contributed by atoms with Crippen LogP contribution >= 0.6 is 0 Å². The Balaban J connectivity index is 1.42. The highest BCUT2D eigenvalue weighted by atomic mass is 16.5. The highest BCUT2D eigenvalue weighted by Crippen LogP contribution is 2.31. The molecule has 1 saturated heterocycles. The van der Waals surface area contributed by atoms with Crippen molar-refractivity contribution < 1.29 is 9.53 Å². The van der Waals surface area contributed by atoms with E-state index in [4.69, 9.17) is 4.74 Å². The van der Waals surface area contributed by atoms with Crippen LogP contribution in [0.4, 0.5) is 0 Å². The lowest BCUT2D eigenvalue weighted by atomic mass is 10.1. The van der Waals surface area contributed by atoms with Crippen LogP contribution in [0.15, 0.2) is 84.9 Å². The van der Waals surface area contributed by atoms with E-state index in [9.17, 15) is 4.79 Å². The van der Waals surface area contributed by atoms with Gasteiger partial charge in [0.1, 0.15) is 5.75 Å². The molecule has 184 valence electrons. The average Bonchev–Trinajstić information content (AvgIpc) is 3.26. The summed E-state index contributed by atoms with van der Waals surface area (Å²) in [5.74, 6) is 0.918. The van der Waals surface area contributed by atoms with Gasteiger partial charge in [-0.05, 0) is 67.4 Å². The summed E-state index contributed by atoms with van der Waals surface area (Å²) in [6.07, 6.45) is 0. The predicted molar refractivity (Wildman–Crippen MR) is 145 cm³/mol. The lowest BCUT2D eigenvalue weighted by molar-refractivity contribution is 0.0628. The number of piperazine rings is 1. The fourth-order valence-electron chi connectivity index (χ4n) is 4.95. The molecule has 0 N–H and O–H groups in total. The lowest BCUT2D eigenvalue weighted by Gasteiger charge is -2.34. The molecule has 0 bridgehead atoms. The van der Waals surface area contributed by atoms with Gasteiger partial charge in [-0.25, -0.2) is 0 Å². The summed E-state index contributed by atoms with van der Waals surface area (Å²) in [6.45, 7) is 8.28. The molecule has 1 aromatic heterocycles. The van der Waals surface area contributed by atoms with Gasteiger partial charge < -0.3 is 14.2 Å². The fourth-order valence-corrected chi connectivity index (χ4v) is 4.95. The Morgan fingerprint density at radius 3 is 2.14 bits per heavy atom. The number of aromatic nitrogens is 1. The van der Waals surface area contributed by atoms with Gasteiger partial charge in [-0.1, -0.05) is 48.0 Å². The molecule has 1 aliphatic rings. The summed E-state index contributed by atoms with van der Waals surface area (Å²) in [4.78, 5) is 18.2.